The van der Waals surface area contributed by atoms with E-state index in [9.17, 15) is 8.42 Å². The second kappa shape index (κ2) is 7.04. The molecule has 0 radical (unpaired) electrons. The summed E-state index contributed by atoms with van der Waals surface area (Å²) in [5.74, 6) is 0.943. The number of rotatable bonds is 4. The van der Waals surface area contributed by atoms with Gasteiger partial charge in [-0.1, -0.05) is 6.07 Å². The minimum atomic E-state index is -3.46. The van der Waals surface area contributed by atoms with Crippen LogP contribution < -0.4 is 9.62 Å². The third-order valence-electron chi connectivity index (χ3n) is 5.46. The molecular weight excluding hydrogens is 348 g/mol. The van der Waals surface area contributed by atoms with Crippen LogP contribution in [0.2, 0.25) is 0 Å². The summed E-state index contributed by atoms with van der Waals surface area (Å²) < 4.78 is 28.5. The van der Waals surface area contributed by atoms with E-state index in [1.54, 1.807) is 6.07 Å². The highest BCUT2D eigenvalue weighted by Gasteiger charge is 2.26. The molecule has 2 aromatic rings. The second-order valence-electron chi connectivity index (χ2n) is 7.43. The number of H-pyrrole nitrogens is 1. The van der Waals surface area contributed by atoms with Crippen LogP contribution in [0, 0.1) is 6.92 Å². The largest absolute Gasteiger partial charge is 0.355 e. The van der Waals surface area contributed by atoms with Crippen LogP contribution in [0.5, 0.6) is 0 Å². The average molecular weight is 375 g/mol. The molecule has 0 atom stereocenters. The van der Waals surface area contributed by atoms with Crippen molar-refractivity contribution < 1.29 is 8.42 Å². The summed E-state index contributed by atoms with van der Waals surface area (Å²) in [7, 11) is -3.46. The van der Waals surface area contributed by atoms with Crippen LogP contribution in [0.25, 0.3) is 0 Å². The van der Waals surface area contributed by atoms with Crippen molar-refractivity contribution in [2.75, 3.05) is 18.0 Å². The van der Waals surface area contributed by atoms with Crippen LogP contribution in [0.3, 0.4) is 0 Å². The molecule has 1 fully saturated rings. The standard InChI is InChI=1S/C19H26N4O2S/c1-14-12-19(21-20-14)23-10-8-17(9-11-23)22-26(24,25)18-7-6-15-4-2-3-5-16(15)13-18/h6-7,12-13,17,22H,2-5,8-11H2,1H3,(H,20,21). The van der Waals surface area contributed by atoms with E-state index in [1.807, 2.05) is 25.1 Å². The Labute approximate surface area is 155 Å². The maximum atomic E-state index is 12.8. The third kappa shape index (κ3) is 3.64. The van der Waals surface area contributed by atoms with Gasteiger partial charge in [0.05, 0.1) is 4.90 Å². The summed E-state index contributed by atoms with van der Waals surface area (Å²) in [6.45, 7) is 3.60. The molecule has 26 heavy (non-hydrogen) atoms. The van der Waals surface area contributed by atoms with E-state index >= 15 is 0 Å². The van der Waals surface area contributed by atoms with E-state index in [1.165, 1.54) is 17.5 Å². The van der Waals surface area contributed by atoms with Crippen molar-refractivity contribution in [3.05, 3.63) is 41.1 Å². The van der Waals surface area contributed by atoms with E-state index in [0.717, 1.165) is 56.7 Å². The highest BCUT2D eigenvalue weighted by atomic mass is 32.2. The zero-order valence-electron chi connectivity index (χ0n) is 15.2. The van der Waals surface area contributed by atoms with Gasteiger partial charge < -0.3 is 4.90 Å². The Morgan fingerprint density at radius 1 is 1.12 bits per heavy atom. The average Bonchev–Trinajstić information content (AvgIpc) is 3.08. The molecule has 0 amide bonds. The first-order valence-electron chi connectivity index (χ1n) is 9.42. The Bertz CT molecular complexity index is 883. The molecule has 4 rings (SSSR count). The minimum absolute atomic E-state index is 0.0210. The van der Waals surface area contributed by atoms with Gasteiger partial charge in [0.15, 0.2) is 5.82 Å². The number of sulfonamides is 1. The maximum Gasteiger partial charge on any atom is 0.240 e. The van der Waals surface area contributed by atoms with E-state index in [2.05, 4.69) is 19.8 Å². The third-order valence-corrected chi connectivity index (χ3v) is 6.98. The summed E-state index contributed by atoms with van der Waals surface area (Å²) in [5.41, 5.74) is 3.54. The summed E-state index contributed by atoms with van der Waals surface area (Å²) in [6.07, 6.45) is 5.97. The first-order valence-corrected chi connectivity index (χ1v) is 10.9. The topological polar surface area (TPSA) is 78.1 Å². The number of piperidine rings is 1. The number of nitrogens with one attached hydrogen (secondary N) is 2. The number of hydrogen-bond donors (Lipinski definition) is 2. The van der Waals surface area contributed by atoms with Crippen molar-refractivity contribution in [3.63, 3.8) is 0 Å². The van der Waals surface area contributed by atoms with Gasteiger partial charge in [-0.3, -0.25) is 5.10 Å². The van der Waals surface area contributed by atoms with Gasteiger partial charge >= 0.3 is 0 Å². The monoisotopic (exact) mass is 374 g/mol. The number of fused-ring (bicyclic) bond motifs is 1. The quantitative estimate of drug-likeness (QED) is 0.862. The lowest BCUT2D eigenvalue weighted by Gasteiger charge is -2.32. The molecule has 2 N–H and O–H groups in total. The number of aromatic amines is 1. The molecule has 1 aromatic heterocycles. The normalized spacial score (nSPS) is 18.7. The van der Waals surface area contributed by atoms with E-state index in [0.29, 0.717) is 4.90 Å². The number of aryl methyl sites for hydroxylation is 3. The predicted octanol–water partition coefficient (Wildman–Crippen LogP) is 2.54. The molecule has 0 bridgehead atoms. The van der Waals surface area contributed by atoms with Gasteiger partial charge in [-0.2, -0.15) is 5.10 Å². The Kier molecular flexibility index (Phi) is 4.75. The fourth-order valence-corrected chi connectivity index (χ4v) is 5.31. The number of anilines is 1. The molecule has 1 aliphatic heterocycles. The van der Waals surface area contributed by atoms with Crippen molar-refractivity contribution >= 4 is 15.8 Å². The lowest BCUT2D eigenvalue weighted by atomic mass is 9.92. The van der Waals surface area contributed by atoms with E-state index in [4.69, 9.17) is 0 Å². The number of benzene rings is 1. The zero-order valence-corrected chi connectivity index (χ0v) is 16.0. The van der Waals surface area contributed by atoms with Crippen LogP contribution in [0.4, 0.5) is 5.82 Å². The molecule has 1 aliphatic carbocycles. The molecule has 1 saturated heterocycles. The second-order valence-corrected chi connectivity index (χ2v) is 9.14. The number of hydrogen-bond acceptors (Lipinski definition) is 4. The maximum absolute atomic E-state index is 12.8. The van der Waals surface area contributed by atoms with Crippen molar-refractivity contribution in [3.8, 4) is 0 Å². The lowest BCUT2D eigenvalue weighted by Crippen LogP contribution is -2.44. The Morgan fingerprint density at radius 2 is 1.85 bits per heavy atom. The molecule has 6 nitrogen and oxygen atoms in total. The van der Waals surface area contributed by atoms with Crippen LogP contribution in [0.15, 0.2) is 29.2 Å². The molecule has 1 aromatic carbocycles. The molecule has 2 aliphatic rings. The summed E-state index contributed by atoms with van der Waals surface area (Å²) in [5, 5.41) is 7.25. The molecule has 2 heterocycles. The van der Waals surface area contributed by atoms with Crippen molar-refractivity contribution in [2.45, 2.75) is 56.4 Å². The molecule has 140 valence electrons. The van der Waals surface area contributed by atoms with Gasteiger partial charge in [-0.05, 0) is 68.7 Å². The van der Waals surface area contributed by atoms with Crippen molar-refractivity contribution in [2.24, 2.45) is 0 Å². The van der Waals surface area contributed by atoms with Crippen molar-refractivity contribution in [1.82, 2.24) is 14.9 Å². The SMILES string of the molecule is Cc1cc(N2CCC(NS(=O)(=O)c3ccc4c(c3)CCCC4)CC2)n[nH]1. The minimum Gasteiger partial charge on any atom is -0.355 e. The van der Waals surface area contributed by atoms with E-state index in [-0.39, 0.29) is 6.04 Å². The molecule has 0 spiro atoms. The van der Waals surface area contributed by atoms with Gasteiger partial charge in [0.25, 0.3) is 0 Å². The van der Waals surface area contributed by atoms with Crippen LogP contribution >= 0.6 is 0 Å². The van der Waals surface area contributed by atoms with Gasteiger partial charge in [0, 0.05) is 30.9 Å². The van der Waals surface area contributed by atoms with Gasteiger partial charge in [-0.25, -0.2) is 13.1 Å². The predicted molar refractivity (Wildman–Crippen MR) is 102 cm³/mol. The highest BCUT2D eigenvalue weighted by molar-refractivity contribution is 7.89. The highest BCUT2D eigenvalue weighted by Crippen LogP contribution is 2.25. The Balaban J connectivity index is 1.41. The summed E-state index contributed by atoms with van der Waals surface area (Å²) in [6, 6.07) is 7.63. The number of nitrogens with zero attached hydrogens (tertiary/aromatic N) is 2. The smallest absolute Gasteiger partial charge is 0.240 e. The molecular formula is C19H26N4O2S. The fourth-order valence-electron chi connectivity index (χ4n) is 3.96. The number of aromatic nitrogens is 2. The molecule has 0 saturated carbocycles. The van der Waals surface area contributed by atoms with Gasteiger partial charge in [-0.15, -0.1) is 0 Å². The Hall–Kier alpha value is -1.86. The van der Waals surface area contributed by atoms with Gasteiger partial charge in [0.1, 0.15) is 0 Å². The lowest BCUT2D eigenvalue weighted by molar-refractivity contribution is 0.458. The van der Waals surface area contributed by atoms with Crippen LogP contribution in [-0.2, 0) is 22.9 Å². The first kappa shape index (κ1) is 17.5. The molecule has 7 heteroatoms. The fraction of sp³-hybridized carbons (Fsp3) is 0.526. The first-order chi connectivity index (χ1) is 12.5. The zero-order chi connectivity index (χ0) is 18.1. The van der Waals surface area contributed by atoms with E-state index < -0.39 is 10.0 Å². The summed E-state index contributed by atoms with van der Waals surface area (Å²) >= 11 is 0. The van der Waals surface area contributed by atoms with Crippen LogP contribution in [0.1, 0.15) is 42.5 Å². The van der Waals surface area contributed by atoms with Crippen LogP contribution in [-0.4, -0.2) is 37.7 Å². The molecule has 0 unspecified atom stereocenters. The van der Waals surface area contributed by atoms with Gasteiger partial charge in [0.2, 0.25) is 10.0 Å². The van der Waals surface area contributed by atoms with Crippen molar-refractivity contribution in [1.29, 1.82) is 0 Å². The summed E-state index contributed by atoms with van der Waals surface area (Å²) in [4.78, 5) is 2.61. The Morgan fingerprint density at radius 3 is 2.54 bits per heavy atom.